The van der Waals surface area contributed by atoms with Crippen LogP contribution in [0.25, 0.3) is 0 Å². The zero-order valence-electron chi connectivity index (χ0n) is 13.4. The van der Waals surface area contributed by atoms with E-state index in [1.807, 2.05) is 0 Å². The molecular weight excluding hydrogens is 264 g/mol. The number of likely N-dealkylation sites (tertiary alicyclic amines) is 1. The van der Waals surface area contributed by atoms with E-state index in [1.165, 1.54) is 29.7 Å². The number of benzene rings is 1. The van der Waals surface area contributed by atoms with Gasteiger partial charge in [0.15, 0.2) is 0 Å². The first kappa shape index (κ1) is 16.3. The van der Waals surface area contributed by atoms with Crippen molar-refractivity contribution in [3.8, 4) is 0 Å². The molecule has 1 unspecified atom stereocenters. The topological polar surface area (TPSA) is 44.7 Å². The molecule has 1 heterocycles. The summed E-state index contributed by atoms with van der Waals surface area (Å²) >= 11 is 0. The number of aliphatic hydroxyl groups is 1. The SMILES string of the molecule is COCC(O)CN1CCC[C@H]1CNc1c(C)cccc1C. The summed E-state index contributed by atoms with van der Waals surface area (Å²) in [6, 6.07) is 6.88. The third-order valence-electron chi connectivity index (χ3n) is 4.30. The molecule has 1 aliphatic heterocycles. The highest BCUT2D eigenvalue weighted by Crippen LogP contribution is 2.22. The van der Waals surface area contributed by atoms with Crippen LogP contribution >= 0.6 is 0 Å². The molecule has 0 radical (unpaired) electrons. The first-order valence-electron chi connectivity index (χ1n) is 7.83. The second kappa shape index (κ2) is 7.78. The van der Waals surface area contributed by atoms with Crippen LogP contribution in [-0.2, 0) is 4.74 Å². The Morgan fingerprint density at radius 3 is 2.76 bits per heavy atom. The third-order valence-corrected chi connectivity index (χ3v) is 4.30. The molecule has 0 amide bonds. The number of aryl methyl sites for hydroxylation is 2. The molecule has 0 saturated carbocycles. The van der Waals surface area contributed by atoms with Crippen molar-refractivity contribution < 1.29 is 9.84 Å². The maximum atomic E-state index is 9.91. The van der Waals surface area contributed by atoms with E-state index in [2.05, 4.69) is 42.3 Å². The van der Waals surface area contributed by atoms with Crippen molar-refractivity contribution >= 4 is 5.69 Å². The molecule has 2 N–H and O–H groups in total. The van der Waals surface area contributed by atoms with E-state index in [0.29, 0.717) is 19.2 Å². The summed E-state index contributed by atoms with van der Waals surface area (Å²) in [4.78, 5) is 2.38. The number of para-hydroxylation sites is 1. The standard InChI is InChI=1S/C17H28N2O2/c1-13-6-4-7-14(2)17(13)18-10-15-8-5-9-19(15)11-16(20)12-21-3/h4,6-7,15-16,18,20H,5,8-12H2,1-3H3/t15-,16?/m0/s1. The Morgan fingerprint density at radius 1 is 1.38 bits per heavy atom. The molecule has 1 saturated heterocycles. The van der Waals surface area contributed by atoms with E-state index in [1.54, 1.807) is 7.11 Å². The van der Waals surface area contributed by atoms with Crippen LogP contribution in [0.15, 0.2) is 18.2 Å². The lowest BCUT2D eigenvalue weighted by atomic mass is 10.1. The molecule has 21 heavy (non-hydrogen) atoms. The smallest absolute Gasteiger partial charge is 0.0900 e. The average Bonchev–Trinajstić information content (AvgIpc) is 2.86. The van der Waals surface area contributed by atoms with Crippen LogP contribution in [0.5, 0.6) is 0 Å². The van der Waals surface area contributed by atoms with Crippen LogP contribution in [0, 0.1) is 13.8 Å². The summed E-state index contributed by atoms with van der Waals surface area (Å²) in [7, 11) is 1.63. The van der Waals surface area contributed by atoms with Gasteiger partial charge in [-0.15, -0.1) is 0 Å². The lowest BCUT2D eigenvalue weighted by molar-refractivity contribution is 0.0358. The highest BCUT2D eigenvalue weighted by atomic mass is 16.5. The van der Waals surface area contributed by atoms with E-state index in [9.17, 15) is 5.11 Å². The van der Waals surface area contributed by atoms with Crippen LogP contribution in [0.4, 0.5) is 5.69 Å². The van der Waals surface area contributed by atoms with Crippen LogP contribution < -0.4 is 5.32 Å². The molecular formula is C17H28N2O2. The van der Waals surface area contributed by atoms with Crippen molar-refractivity contribution in [3.05, 3.63) is 29.3 Å². The fraction of sp³-hybridized carbons (Fsp3) is 0.647. The highest BCUT2D eigenvalue weighted by Gasteiger charge is 2.26. The largest absolute Gasteiger partial charge is 0.389 e. The Balaban J connectivity index is 1.89. The Kier molecular flexibility index (Phi) is 6.03. The fourth-order valence-electron chi connectivity index (χ4n) is 3.20. The summed E-state index contributed by atoms with van der Waals surface area (Å²) in [5.74, 6) is 0. The highest BCUT2D eigenvalue weighted by molar-refractivity contribution is 5.56. The molecule has 4 nitrogen and oxygen atoms in total. The minimum absolute atomic E-state index is 0.393. The van der Waals surface area contributed by atoms with Crippen molar-refractivity contribution in [3.63, 3.8) is 0 Å². The van der Waals surface area contributed by atoms with Crippen LogP contribution in [0.3, 0.4) is 0 Å². The maximum absolute atomic E-state index is 9.91. The molecule has 0 bridgehead atoms. The van der Waals surface area contributed by atoms with Crippen LogP contribution in [-0.4, -0.2) is 55.5 Å². The van der Waals surface area contributed by atoms with Crippen LogP contribution in [0.2, 0.25) is 0 Å². The summed E-state index contributed by atoms with van der Waals surface area (Å²) in [6.45, 7) is 7.40. The third kappa shape index (κ3) is 4.43. The number of nitrogens with zero attached hydrogens (tertiary/aromatic N) is 1. The van der Waals surface area contributed by atoms with Gasteiger partial charge in [-0.1, -0.05) is 18.2 Å². The lowest BCUT2D eigenvalue weighted by Crippen LogP contribution is -2.41. The Hall–Kier alpha value is -1.10. The summed E-state index contributed by atoms with van der Waals surface area (Å²) < 4.78 is 5.02. The van der Waals surface area contributed by atoms with Gasteiger partial charge in [0.05, 0.1) is 12.7 Å². The number of nitrogens with one attached hydrogen (secondary N) is 1. The number of methoxy groups -OCH3 is 1. The Bertz CT molecular complexity index is 430. The fourth-order valence-corrected chi connectivity index (χ4v) is 3.20. The number of β-amino-alcohol motifs (C(OH)–C–C–N with tert-alkyl or cyclic N) is 1. The van der Waals surface area contributed by atoms with Gasteiger partial charge in [0.25, 0.3) is 0 Å². The first-order valence-corrected chi connectivity index (χ1v) is 7.83. The first-order chi connectivity index (χ1) is 10.1. The van der Waals surface area contributed by atoms with E-state index >= 15 is 0 Å². The van der Waals surface area contributed by atoms with Gasteiger partial charge in [0.1, 0.15) is 0 Å². The molecule has 1 aromatic rings. The molecule has 2 rings (SSSR count). The van der Waals surface area contributed by atoms with Gasteiger partial charge >= 0.3 is 0 Å². The molecule has 1 aliphatic rings. The quantitative estimate of drug-likeness (QED) is 0.808. The normalized spacial score (nSPS) is 20.7. The zero-order valence-corrected chi connectivity index (χ0v) is 13.4. The number of aliphatic hydroxyl groups excluding tert-OH is 1. The second-order valence-corrected chi connectivity index (χ2v) is 6.05. The van der Waals surface area contributed by atoms with Gasteiger partial charge in [-0.2, -0.15) is 0 Å². The van der Waals surface area contributed by atoms with Gasteiger partial charge < -0.3 is 15.2 Å². The van der Waals surface area contributed by atoms with Gasteiger partial charge in [0, 0.05) is 31.9 Å². The maximum Gasteiger partial charge on any atom is 0.0900 e. The summed E-state index contributed by atoms with van der Waals surface area (Å²) in [6.07, 6.45) is 2.01. The summed E-state index contributed by atoms with van der Waals surface area (Å²) in [5, 5.41) is 13.5. The molecule has 118 valence electrons. The van der Waals surface area contributed by atoms with Crippen molar-refractivity contribution in [1.29, 1.82) is 0 Å². The van der Waals surface area contributed by atoms with Gasteiger partial charge in [-0.05, 0) is 44.4 Å². The number of ether oxygens (including phenoxy) is 1. The van der Waals surface area contributed by atoms with Gasteiger partial charge in [-0.25, -0.2) is 0 Å². The minimum atomic E-state index is -0.393. The van der Waals surface area contributed by atoms with Crippen molar-refractivity contribution in [2.24, 2.45) is 0 Å². The Morgan fingerprint density at radius 2 is 2.10 bits per heavy atom. The molecule has 0 spiro atoms. The van der Waals surface area contributed by atoms with Crippen molar-refractivity contribution in [2.45, 2.75) is 38.8 Å². The van der Waals surface area contributed by atoms with Gasteiger partial charge in [-0.3, -0.25) is 4.90 Å². The summed E-state index contributed by atoms with van der Waals surface area (Å²) in [5.41, 5.74) is 3.83. The average molecular weight is 292 g/mol. The minimum Gasteiger partial charge on any atom is -0.389 e. The number of hydrogen-bond donors (Lipinski definition) is 2. The molecule has 1 aromatic carbocycles. The molecule has 0 aliphatic carbocycles. The second-order valence-electron chi connectivity index (χ2n) is 6.05. The lowest BCUT2D eigenvalue weighted by Gasteiger charge is -2.27. The monoisotopic (exact) mass is 292 g/mol. The van der Waals surface area contributed by atoms with E-state index < -0.39 is 6.10 Å². The predicted molar refractivity (Wildman–Crippen MR) is 86.9 cm³/mol. The van der Waals surface area contributed by atoms with E-state index in [4.69, 9.17) is 4.74 Å². The molecule has 1 fully saturated rings. The van der Waals surface area contributed by atoms with E-state index in [0.717, 1.165) is 13.1 Å². The number of hydrogen-bond acceptors (Lipinski definition) is 4. The number of rotatable bonds is 7. The van der Waals surface area contributed by atoms with Gasteiger partial charge in [0.2, 0.25) is 0 Å². The zero-order chi connectivity index (χ0) is 15.2. The molecule has 4 heteroatoms. The molecule has 0 aromatic heterocycles. The van der Waals surface area contributed by atoms with Crippen LogP contribution in [0.1, 0.15) is 24.0 Å². The Labute approximate surface area is 128 Å². The predicted octanol–water partition coefficient (Wildman–Crippen LogP) is 2.19. The molecule has 2 atom stereocenters. The van der Waals surface area contributed by atoms with E-state index in [-0.39, 0.29) is 0 Å². The number of anilines is 1. The van der Waals surface area contributed by atoms with Crippen molar-refractivity contribution in [1.82, 2.24) is 4.90 Å². The van der Waals surface area contributed by atoms with Crippen molar-refractivity contribution in [2.75, 3.05) is 38.7 Å².